The molecule has 0 aliphatic carbocycles. The summed E-state index contributed by atoms with van der Waals surface area (Å²) >= 11 is 0. The summed E-state index contributed by atoms with van der Waals surface area (Å²) in [5, 5.41) is 11.2. The molecule has 0 bridgehead atoms. The van der Waals surface area contributed by atoms with Crippen LogP contribution in [0.25, 0.3) is 0 Å². The van der Waals surface area contributed by atoms with Crippen LogP contribution in [0.15, 0.2) is 30.3 Å². The maximum atomic E-state index is 11.9. The van der Waals surface area contributed by atoms with Gasteiger partial charge in [0, 0.05) is 19.2 Å². The molecule has 7 nitrogen and oxygen atoms in total. The van der Waals surface area contributed by atoms with Gasteiger partial charge < -0.3 is 21.1 Å². The van der Waals surface area contributed by atoms with E-state index >= 15 is 0 Å². The molecule has 1 aromatic carbocycles. The fourth-order valence-corrected chi connectivity index (χ4v) is 1.70. The van der Waals surface area contributed by atoms with E-state index < -0.39 is 17.9 Å². The van der Waals surface area contributed by atoms with Crippen molar-refractivity contribution in [2.24, 2.45) is 5.73 Å². The lowest BCUT2D eigenvalue weighted by Crippen LogP contribution is -2.44. The number of carboxylic acid groups (broad SMARTS) is 1. The summed E-state index contributed by atoms with van der Waals surface area (Å²) in [4.78, 5) is 35.3. The van der Waals surface area contributed by atoms with E-state index in [0.29, 0.717) is 5.69 Å². The first-order valence-electron chi connectivity index (χ1n) is 6.47. The summed E-state index contributed by atoms with van der Waals surface area (Å²) in [6.07, 6.45) is -0.143. The number of nitrogens with one attached hydrogen (secondary N) is 1. The third-order valence-corrected chi connectivity index (χ3v) is 2.80. The average molecular weight is 293 g/mol. The van der Waals surface area contributed by atoms with E-state index in [1.54, 1.807) is 24.3 Å². The molecule has 0 aromatic heterocycles. The minimum absolute atomic E-state index is 0.0405. The monoisotopic (exact) mass is 293 g/mol. The van der Waals surface area contributed by atoms with Gasteiger partial charge in [-0.2, -0.15) is 0 Å². The summed E-state index contributed by atoms with van der Waals surface area (Å²) in [6.45, 7) is -0.144. The lowest BCUT2D eigenvalue weighted by molar-refractivity contribution is -0.138. The van der Waals surface area contributed by atoms with Crippen LogP contribution in [0, 0.1) is 0 Å². The standard InChI is InChI=1S/C14H19N3O4/c1-17(14(21)11(15)7-8-13(19)20)9-12(18)16-10-5-3-2-4-6-10/h2-6,11H,7-9,15H2,1H3,(H,16,18)(H,19,20). The fourth-order valence-electron chi connectivity index (χ4n) is 1.70. The second-order valence-corrected chi connectivity index (χ2v) is 4.65. The van der Waals surface area contributed by atoms with Gasteiger partial charge in [-0.3, -0.25) is 14.4 Å². The quantitative estimate of drug-likeness (QED) is 0.668. The SMILES string of the molecule is CN(CC(=O)Nc1ccccc1)C(=O)C(N)CCC(=O)O. The molecule has 0 saturated carbocycles. The smallest absolute Gasteiger partial charge is 0.303 e. The predicted octanol–water partition coefficient (Wildman–Crippen LogP) is 0.276. The second-order valence-electron chi connectivity index (χ2n) is 4.65. The highest BCUT2D eigenvalue weighted by atomic mass is 16.4. The van der Waals surface area contributed by atoms with Crippen LogP contribution in [0.4, 0.5) is 5.69 Å². The molecule has 1 aromatic rings. The molecule has 1 unspecified atom stereocenters. The number of carbonyl (C=O) groups excluding carboxylic acids is 2. The van der Waals surface area contributed by atoms with Crippen LogP contribution < -0.4 is 11.1 Å². The van der Waals surface area contributed by atoms with Gasteiger partial charge in [-0.15, -0.1) is 0 Å². The normalized spacial score (nSPS) is 11.5. The van der Waals surface area contributed by atoms with Gasteiger partial charge in [0.25, 0.3) is 0 Å². The summed E-state index contributed by atoms with van der Waals surface area (Å²) < 4.78 is 0. The molecule has 0 radical (unpaired) electrons. The summed E-state index contributed by atoms with van der Waals surface area (Å²) in [5.74, 6) is -1.82. The van der Waals surface area contributed by atoms with Crippen LogP contribution in [-0.4, -0.2) is 47.4 Å². The molecule has 114 valence electrons. The van der Waals surface area contributed by atoms with Crippen LogP contribution in [0.2, 0.25) is 0 Å². The van der Waals surface area contributed by atoms with Crippen molar-refractivity contribution in [3.63, 3.8) is 0 Å². The maximum absolute atomic E-state index is 11.9. The first kappa shape index (κ1) is 16.6. The highest BCUT2D eigenvalue weighted by Gasteiger charge is 2.20. The van der Waals surface area contributed by atoms with E-state index in [9.17, 15) is 14.4 Å². The number of carbonyl (C=O) groups is 3. The average Bonchev–Trinajstić information content (AvgIpc) is 2.44. The molecule has 1 atom stereocenters. The Morgan fingerprint density at radius 1 is 1.29 bits per heavy atom. The molecular formula is C14H19N3O4. The zero-order valence-corrected chi connectivity index (χ0v) is 11.8. The van der Waals surface area contributed by atoms with E-state index in [1.165, 1.54) is 11.9 Å². The van der Waals surface area contributed by atoms with Crippen molar-refractivity contribution >= 4 is 23.5 Å². The highest BCUT2D eigenvalue weighted by Crippen LogP contribution is 2.05. The number of nitrogens with zero attached hydrogens (tertiary/aromatic N) is 1. The van der Waals surface area contributed by atoms with Crippen molar-refractivity contribution < 1.29 is 19.5 Å². The number of rotatable bonds is 7. The first-order valence-corrected chi connectivity index (χ1v) is 6.47. The Labute approximate surface area is 122 Å². The molecule has 0 aliphatic rings. The third kappa shape index (κ3) is 6.05. The largest absolute Gasteiger partial charge is 0.481 e. The minimum Gasteiger partial charge on any atom is -0.481 e. The number of nitrogens with two attached hydrogens (primary N) is 1. The molecule has 4 N–H and O–H groups in total. The number of aliphatic carboxylic acids is 1. The lowest BCUT2D eigenvalue weighted by Gasteiger charge is -2.20. The Kier molecular flexibility index (Phi) is 6.35. The number of hydrogen-bond acceptors (Lipinski definition) is 4. The number of anilines is 1. The van der Waals surface area contributed by atoms with E-state index in [-0.39, 0.29) is 25.3 Å². The molecule has 0 aliphatic heterocycles. The Bertz CT molecular complexity index is 504. The van der Waals surface area contributed by atoms with Crippen molar-refractivity contribution in [2.75, 3.05) is 18.9 Å². The van der Waals surface area contributed by atoms with Gasteiger partial charge in [0.05, 0.1) is 12.6 Å². The van der Waals surface area contributed by atoms with Crippen molar-refractivity contribution in [3.05, 3.63) is 30.3 Å². The fraction of sp³-hybridized carbons (Fsp3) is 0.357. The Morgan fingerprint density at radius 3 is 2.48 bits per heavy atom. The van der Waals surface area contributed by atoms with E-state index in [0.717, 1.165) is 0 Å². The van der Waals surface area contributed by atoms with E-state index in [2.05, 4.69) is 5.32 Å². The Morgan fingerprint density at radius 2 is 1.90 bits per heavy atom. The lowest BCUT2D eigenvalue weighted by atomic mass is 10.1. The predicted molar refractivity (Wildman–Crippen MR) is 77.6 cm³/mol. The number of likely N-dealkylation sites (N-methyl/N-ethyl adjacent to an activating group) is 1. The van der Waals surface area contributed by atoms with Gasteiger partial charge in [0.1, 0.15) is 0 Å². The Balaban J connectivity index is 2.44. The van der Waals surface area contributed by atoms with Crippen molar-refractivity contribution in [3.8, 4) is 0 Å². The maximum Gasteiger partial charge on any atom is 0.303 e. The van der Waals surface area contributed by atoms with Gasteiger partial charge >= 0.3 is 5.97 Å². The van der Waals surface area contributed by atoms with Crippen molar-refractivity contribution in [1.82, 2.24) is 4.90 Å². The number of carboxylic acids is 1. The van der Waals surface area contributed by atoms with Crippen molar-refractivity contribution in [2.45, 2.75) is 18.9 Å². The molecule has 1 rings (SSSR count). The number of hydrogen-bond donors (Lipinski definition) is 3. The summed E-state index contributed by atoms with van der Waals surface area (Å²) in [6, 6.07) is 7.94. The van der Waals surface area contributed by atoms with Gasteiger partial charge in [-0.1, -0.05) is 18.2 Å². The minimum atomic E-state index is -1.01. The molecule has 0 spiro atoms. The van der Waals surface area contributed by atoms with Crippen LogP contribution in [0.3, 0.4) is 0 Å². The zero-order chi connectivity index (χ0) is 15.8. The second kappa shape index (κ2) is 8.01. The molecular weight excluding hydrogens is 274 g/mol. The summed E-state index contributed by atoms with van der Waals surface area (Å²) in [5.41, 5.74) is 6.25. The molecule has 0 saturated heterocycles. The Hall–Kier alpha value is -2.41. The van der Waals surface area contributed by atoms with E-state index in [1.807, 2.05) is 6.07 Å². The van der Waals surface area contributed by atoms with Crippen LogP contribution in [-0.2, 0) is 14.4 Å². The highest BCUT2D eigenvalue weighted by molar-refractivity contribution is 5.95. The van der Waals surface area contributed by atoms with E-state index in [4.69, 9.17) is 10.8 Å². The van der Waals surface area contributed by atoms with Crippen LogP contribution in [0.5, 0.6) is 0 Å². The number of benzene rings is 1. The number of amides is 2. The van der Waals surface area contributed by atoms with Crippen LogP contribution in [0.1, 0.15) is 12.8 Å². The van der Waals surface area contributed by atoms with Crippen molar-refractivity contribution in [1.29, 1.82) is 0 Å². The third-order valence-electron chi connectivity index (χ3n) is 2.80. The molecule has 7 heteroatoms. The van der Waals surface area contributed by atoms with Crippen LogP contribution >= 0.6 is 0 Å². The zero-order valence-electron chi connectivity index (χ0n) is 11.8. The number of para-hydroxylation sites is 1. The molecule has 0 fully saturated rings. The topological polar surface area (TPSA) is 113 Å². The molecule has 0 heterocycles. The van der Waals surface area contributed by atoms with Gasteiger partial charge in [0.15, 0.2) is 0 Å². The van der Waals surface area contributed by atoms with Gasteiger partial charge in [0.2, 0.25) is 11.8 Å². The summed E-state index contributed by atoms with van der Waals surface area (Å²) in [7, 11) is 1.45. The molecule has 2 amide bonds. The van der Waals surface area contributed by atoms with Gasteiger partial charge in [-0.25, -0.2) is 0 Å². The van der Waals surface area contributed by atoms with Gasteiger partial charge in [-0.05, 0) is 18.6 Å². The molecule has 21 heavy (non-hydrogen) atoms. The first-order chi connectivity index (χ1) is 9.90.